The molecule has 170 valence electrons. The molecule has 6 N–H and O–H groups in total. The van der Waals surface area contributed by atoms with Gasteiger partial charge < -0.3 is 31.4 Å². The van der Waals surface area contributed by atoms with Crippen LogP contribution in [0.4, 0.5) is 0 Å². The first kappa shape index (κ1) is 27.7. The third-order valence-corrected chi connectivity index (χ3v) is 4.53. The second-order valence-corrected chi connectivity index (χ2v) is 7.28. The molecule has 0 aliphatic carbocycles. The lowest BCUT2D eigenvalue weighted by atomic mass is 10.2. The third kappa shape index (κ3) is 22.0. The van der Waals surface area contributed by atoms with Crippen LogP contribution in [-0.4, -0.2) is 77.4 Å². The van der Waals surface area contributed by atoms with Crippen molar-refractivity contribution < 1.29 is 14.2 Å². The van der Waals surface area contributed by atoms with Crippen LogP contribution in [0.5, 0.6) is 0 Å². The topological polar surface area (TPSA) is 109 Å². The lowest BCUT2D eigenvalue weighted by Gasteiger charge is -2.22. The summed E-state index contributed by atoms with van der Waals surface area (Å²) < 4.78 is 17.1. The van der Waals surface area contributed by atoms with Gasteiger partial charge in [0.05, 0.1) is 6.73 Å². The van der Waals surface area contributed by atoms with E-state index in [4.69, 9.17) is 31.4 Å². The van der Waals surface area contributed by atoms with Gasteiger partial charge in [-0.25, -0.2) is 0 Å². The Morgan fingerprint density at radius 3 is 1.18 bits per heavy atom. The van der Waals surface area contributed by atoms with Gasteiger partial charge in [0.25, 0.3) is 0 Å². The van der Waals surface area contributed by atoms with Gasteiger partial charge in [0.15, 0.2) is 0 Å². The van der Waals surface area contributed by atoms with Crippen molar-refractivity contribution in [3.8, 4) is 0 Å². The highest BCUT2D eigenvalue weighted by molar-refractivity contribution is 4.56. The zero-order valence-electron chi connectivity index (χ0n) is 18.3. The second-order valence-electron chi connectivity index (χ2n) is 7.28. The van der Waals surface area contributed by atoms with Crippen LogP contribution in [0.15, 0.2) is 0 Å². The largest absolute Gasteiger partial charge is 0.381 e. The van der Waals surface area contributed by atoms with Crippen molar-refractivity contribution in [3.05, 3.63) is 0 Å². The maximum Gasteiger partial charge on any atom is 0.0990 e. The van der Waals surface area contributed by atoms with E-state index >= 15 is 0 Å². The van der Waals surface area contributed by atoms with Crippen LogP contribution in [0.3, 0.4) is 0 Å². The van der Waals surface area contributed by atoms with Crippen molar-refractivity contribution in [1.29, 1.82) is 0 Å². The van der Waals surface area contributed by atoms with Crippen molar-refractivity contribution >= 4 is 0 Å². The monoisotopic (exact) mass is 404 g/mol. The molecular formula is C21H48N4O3. The highest BCUT2D eigenvalue weighted by atomic mass is 16.5. The maximum absolute atomic E-state index is 5.83. The number of unbranched alkanes of at least 4 members (excludes halogenated alkanes) is 5. The predicted molar refractivity (Wildman–Crippen MR) is 117 cm³/mol. The van der Waals surface area contributed by atoms with E-state index < -0.39 is 0 Å². The molecule has 0 bridgehead atoms. The Bertz CT molecular complexity index is 266. The average molecular weight is 405 g/mol. The Morgan fingerprint density at radius 2 is 0.786 bits per heavy atom. The molecule has 0 aliphatic rings. The zero-order chi connectivity index (χ0) is 20.5. The van der Waals surface area contributed by atoms with E-state index in [9.17, 15) is 0 Å². The Morgan fingerprint density at radius 1 is 0.429 bits per heavy atom. The Labute approximate surface area is 173 Å². The molecule has 0 saturated carbocycles. The first-order valence-corrected chi connectivity index (χ1v) is 11.4. The molecule has 0 aromatic heterocycles. The SMILES string of the molecule is NCCCCOCCCCN(CCCCOCCCCN)COCCCCN. The van der Waals surface area contributed by atoms with E-state index in [1.54, 1.807) is 0 Å². The number of hydrogen-bond donors (Lipinski definition) is 3. The molecule has 7 heteroatoms. The van der Waals surface area contributed by atoms with Crippen LogP contribution < -0.4 is 17.2 Å². The van der Waals surface area contributed by atoms with Crippen molar-refractivity contribution in [2.24, 2.45) is 17.2 Å². The quantitative estimate of drug-likeness (QED) is 0.167. The molecule has 0 radical (unpaired) electrons. The smallest absolute Gasteiger partial charge is 0.0990 e. The van der Waals surface area contributed by atoms with Crippen molar-refractivity contribution in [2.75, 3.05) is 72.5 Å². The first-order chi connectivity index (χ1) is 13.8. The summed E-state index contributed by atoms with van der Waals surface area (Å²) in [4.78, 5) is 2.41. The second kappa shape index (κ2) is 24.8. The molecule has 0 aromatic carbocycles. The van der Waals surface area contributed by atoms with Crippen LogP contribution in [0.2, 0.25) is 0 Å². The highest BCUT2D eigenvalue weighted by Crippen LogP contribution is 2.02. The minimum absolute atomic E-state index is 0.708. The molecule has 0 unspecified atom stereocenters. The summed E-state index contributed by atoms with van der Waals surface area (Å²) in [5.74, 6) is 0. The molecule has 28 heavy (non-hydrogen) atoms. The van der Waals surface area contributed by atoms with Gasteiger partial charge in [-0.2, -0.15) is 0 Å². The average Bonchev–Trinajstić information content (AvgIpc) is 2.71. The van der Waals surface area contributed by atoms with Crippen molar-refractivity contribution in [2.45, 2.75) is 64.2 Å². The molecule has 0 saturated heterocycles. The summed E-state index contributed by atoms with van der Waals surface area (Å²) in [6, 6.07) is 0. The molecular weight excluding hydrogens is 356 g/mol. The fourth-order valence-corrected chi connectivity index (χ4v) is 2.76. The number of ether oxygens (including phenoxy) is 3. The summed E-state index contributed by atoms with van der Waals surface area (Å²) in [5, 5.41) is 0. The molecule has 7 nitrogen and oxygen atoms in total. The lowest BCUT2D eigenvalue weighted by Crippen LogP contribution is -2.29. The highest BCUT2D eigenvalue weighted by Gasteiger charge is 2.05. The van der Waals surface area contributed by atoms with E-state index in [1.807, 2.05) is 0 Å². The van der Waals surface area contributed by atoms with E-state index in [1.165, 1.54) is 0 Å². The number of rotatable bonds is 24. The van der Waals surface area contributed by atoms with Crippen LogP contribution in [0.25, 0.3) is 0 Å². The van der Waals surface area contributed by atoms with E-state index in [0.717, 1.165) is 130 Å². The predicted octanol–water partition coefficient (Wildman–Crippen LogP) is 2.07. The van der Waals surface area contributed by atoms with Gasteiger partial charge in [-0.1, -0.05) is 0 Å². The number of hydrogen-bond acceptors (Lipinski definition) is 7. The minimum Gasteiger partial charge on any atom is -0.381 e. The van der Waals surface area contributed by atoms with Gasteiger partial charge >= 0.3 is 0 Å². The minimum atomic E-state index is 0.708. The van der Waals surface area contributed by atoms with Gasteiger partial charge in [0.2, 0.25) is 0 Å². The summed E-state index contributed by atoms with van der Waals surface area (Å²) >= 11 is 0. The zero-order valence-corrected chi connectivity index (χ0v) is 18.3. The molecule has 0 rings (SSSR count). The standard InChI is InChI=1S/C21H48N4O3/c22-11-1-6-16-26-18-9-4-14-25(21-28-20-8-3-13-24)15-5-10-19-27-17-7-2-12-23/h1-24H2. The summed E-state index contributed by atoms with van der Waals surface area (Å²) in [6.07, 6.45) is 10.8. The Kier molecular flexibility index (Phi) is 24.5. The maximum atomic E-state index is 5.83. The first-order valence-electron chi connectivity index (χ1n) is 11.4. The number of nitrogens with zero attached hydrogens (tertiary/aromatic N) is 1. The van der Waals surface area contributed by atoms with Crippen LogP contribution >= 0.6 is 0 Å². The van der Waals surface area contributed by atoms with Crippen molar-refractivity contribution in [1.82, 2.24) is 4.90 Å². The van der Waals surface area contributed by atoms with Gasteiger partial charge in [-0.05, 0) is 83.8 Å². The molecule has 0 fully saturated rings. The normalized spacial score (nSPS) is 11.6. The van der Waals surface area contributed by atoms with Crippen molar-refractivity contribution in [3.63, 3.8) is 0 Å². The summed E-state index contributed by atoms with van der Waals surface area (Å²) in [5.41, 5.74) is 16.5. The van der Waals surface area contributed by atoms with Crippen LogP contribution in [0.1, 0.15) is 64.2 Å². The lowest BCUT2D eigenvalue weighted by molar-refractivity contribution is 0.0223. The van der Waals surface area contributed by atoms with Crippen LogP contribution in [0, 0.1) is 0 Å². The van der Waals surface area contributed by atoms with Gasteiger partial charge in [0, 0.05) is 46.1 Å². The van der Waals surface area contributed by atoms with E-state index in [-0.39, 0.29) is 0 Å². The molecule has 0 amide bonds. The molecule has 0 aromatic rings. The molecule has 0 spiro atoms. The van der Waals surface area contributed by atoms with E-state index in [2.05, 4.69) is 4.90 Å². The van der Waals surface area contributed by atoms with Gasteiger partial charge in [0.1, 0.15) is 0 Å². The molecule has 0 atom stereocenters. The summed E-state index contributed by atoms with van der Waals surface area (Å²) in [7, 11) is 0. The third-order valence-electron chi connectivity index (χ3n) is 4.53. The number of nitrogens with two attached hydrogens (primary N) is 3. The Hall–Kier alpha value is -0.280. The van der Waals surface area contributed by atoms with E-state index in [0.29, 0.717) is 6.73 Å². The molecule has 0 heterocycles. The fourth-order valence-electron chi connectivity index (χ4n) is 2.76. The fraction of sp³-hybridized carbons (Fsp3) is 1.00. The van der Waals surface area contributed by atoms with Crippen LogP contribution in [-0.2, 0) is 14.2 Å². The van der Waals surface area contributed by atoms with Gasteiger partial charge in [-0.15, -0.1) is 0 Å². The Balaban J connectivity index is 3.75. The molecule has 0 aliphatic heterocycles. The van der Waals surface area contributed by atoms with Gasteiger partial charge in [-0.3, -0.25) is 4.90 Å². The summed E-state index contributed by atoms with van der Waals surface area (Å²) in [6.45, 7) is 9.20.